The SMILES string of the molecule is Cc1cccc(OCC(=O)NC(=S)Nc2cccc(C(=O)O)c2C)c1. The number of carbonyl (C=O) groups excluding carboxylic acids is 1. The first kappa shape index (κ1) is 18.4. The van der Waals surface area contributed by atoms with Crippen LogP contribution in [0.3, 0.4) is 0 Å². The van der Waals surface area contributed by atoms with Gasteiger partial charge in [-0.25, -0.2) is 4.79 Å². The molecule has 2 aromatic carbocycles. The maximum atomic E-state index is 11.9. The van der Waals surface area contributed by atoms with Crippen molar-refractivity contribution in [2.24, 2.45) is 0 Å². The minimum absolute atomic E-state index is 0.0727. The maximum Gasteiger partial charge on any atom is 0.336 e. The van der Waals surface area contributed by atoms with Gasteiger partial charge in [-0.15, -0.1) is 0 Å². The van der Waals surface area contributed by atoms with E-state index in [1.165, 1.54) is 6.07 Å². The van der Waals surface area contributed by atoms with Crippen molar-refractivity contribution in [3.05, 3.63) is 59.2 Å². The van der Waals surface area contributed by atoms with Crippen molar-refractivity contribution in [2.75, 3.05) is 11.9 Å². The summed E-state index contributed by atoms with van der Waals surface area (Å²) in [5.74, 6) is -0.840. The number of hydrogen-bond donors (Lipinski definition) is 3. The zero-order valence-electron chi connectivity index (χ0n) is 13.8. The average molecular weight is 358 g/mol. The number of benzene rings is 2. The van der Waals surface area contributed by atoms with Crippen molar-refractivity contribution < 1.29 is 19.4 Å². The molecule has 0 radical (unpaired) electrons. The quantitative estimate of drug-likeness (QED) is 0.713. The normalized spacial score (nSPS) is 10.0. The fraction of sp³-hybridized carbons (Fsp3) is 0.167. The minimum Gasteiger partial charge on any atom is -0.484 e. The molecule has 0 unspecified atom stereocenters. The molecular formula is C18H18N2O4S. The molecule has 0 saturated carbocycles. The van der Waals surface area contributed by atoms with Crippen molar-refractivity contribution in [3.8, 4) is 5.75 Å². The van der Waals surface area contributed by atoms with Crippen LogP contribution in [0.2, 0.25) is 0 Å². The lowest BCUT2D eigenvalue weighted by Crippen LogP contribution is -2.37. The van der Waals surface area contributed by atoms with Crippen LogP contribution in [-0.2, 0) is 4.79 Å². The van der Waals surface area contributed by atoms with E-state index in [0.29, 0.717) is 17.0 Å². The Bertz CT molecular complexity index is 820. The van der Waals surface area contributed by atoms with Gasteiger partial charge < -0.3 is 15.2 Å². The first-order chi connectivity index (χ1) is 11.9. The molecule has 6 nitrogen and oxygen atoms in total. The molecule has 0 spiro atoms. The fourth-order valence-corrected chi connectivity index (χ4v) is 2.40. The lowest BCUT2D eigenvalue weighted by atomic mass is 10.1. The van der Waals surface area contributed by atoms with Gasteiger partial charge in [0.05, 0.1) is 5.56 Å². The first-order valence-corrected chi connectivity index (χ1v) is 7.91. The van der Waals surface area contributed by atoms with Gasteiger partial charge in [0.2, 0.25) is 0 Å². The summed E-state index contributed by atoms with van der Waals surface area (Å²) in [6.45, 7) is 3.41. The Balaban J connectivity index is 1.91. The van der Waals surface area contributed by atoms with Crippen LogP contribution < -0.4 is 15.4 Å². The van der Waals surface area contributed by atoms with Crippen LogP contribution >= 0.6 is 12.2 Å². The van der Waals surface area contributed by atoms with Gasteiger partial charge in [0.25, 0.3) is 5.91 Å². The zero-order valence-corrected chi connectivity index (χ0v) is 14.6. The summed E-state index contributed by atoms with van der Waals surface area (Å²) < 4.78 is 5.40. The van der Waals surface area contributed by atoms with Gasteiger partial charge in [0.15, 0.2) is 11.7 Å². The van der Waals surface area contributed by atoms with Crippen molar-refractivity contribution >= 4 is 34.9 Å². The van der Waals surface area contributed by atoms with E-state index in [0.717, 1.165) is 5.56 Å². The lowest BCUT2D eigenvalue weighted by Gasteiger charge is -2.13. The molecule has 25 heavy (non-hydrogen) atoms. The molecule has 7 heteroatoms. The van der Waals surface area contributed by atoms with Crippen molar-refractivity contribution in [2.45, 2.75) is 13.8 Å². The molecular weight excluding hydrogens is 340 g/mol. The highest BCUT2D eigenvalue weighted by Gasteiger charge is 2.12. The lowest BCUT2D eigenvalue weighted by molar-refractivity contribution is -0.121. The molecule has 2 rings (SSSR count). The molecule has 3 N–H and O–H groups in total. The summed E-state index contributed by atoms with van der Waals surface area (Å²) in [5, 5.41) is 14.5. The van der Waals surface area contributed by atoms with Gasteiger partial charge in [-0.1, -0.05) is 18.2 Å². The number of carboxylic acids is 1. The molecule has 0 aliphatic carbocycles. The second-order valence-electron chi connectivity index (χ2n) is 5.39. The Kier molecular flexibility index (Phi) is 6.08. The third-order valence-electron chi connectivity index (χ3n) is 3.42. The van der Waals surface area contributed by atoms with E-state index < -0.39 is 11.9 Å². The Labute approximate surface area is 150 Å². The topological polar surface area (TPSA) is 87.7 Å². The molecule has 0 aromatic heterocycles. The van der Waals surface area contributed by atoms with Crippen molar-refractivity contribution in [1.82, 2.24) is 5.32 Å². The number of hydrogen-bond acceptors (Lipinski definition) is 4. The molecule has 0 aliphatic rings. The molecule has 0 aliphatic heterocycles. The minimum atomic E-state index is -1.03. The van der Waals surface area contributed by atoms with Gasteiger partial charge in [-0.05, 0) is 61.5 Å². The fourth-order valence-electron chi connectivity index (χ4n) is 2.17. The Morgan fingerprint density at radius 2 is 1.88 bits per heavy atom. The predicted molar refractivity (Wildman–Crippen MR) is 99.2 cm³/mol. The van der Waals surface area contributed by atoms with Crippen LogP contribution in [0.1, 0.15) is 21.5 Å². The summed E-state index contributed by atoms with van der Waals surface area (Å²) >= 11 is 5.09. The van der Waals surface area contributed by atoms with E-state index in [1.54, 1.807) is 25.1 Å². The summed E-state index contributed by atoms with van der Waals surface area (Å²) in [7, 11) is 0. The van der Waals surface area contributed by atoms with Gasteiger partial charge >= 0.3 is 5.97 Å². The third kappa shape index (κ3) is 5.29. The third-order valence-corrected chi connectivity index (χ3v) is 3.63. The van der Waals surface area contributed by atoms with E-state index in [-0.39, 0.29) is 17.3 Å². The van der Waals surface area contributed by atoms with Crippen LogP contribution in [0, 0.1) is 13.8 Å². The monoisotopic (exact) mass is 358 g/mol. The number of nitrogens with one attached hydrogen (secondary N) is 2. The molecule has 1 amide bonds. The van der Waals surface area contributed by atoms with Crippen LogP contribution in [-0.4, -0.2) is 28.7 Å². The van der Waals surface area contributed by atoms with E-state index in [9.17, 15) is 9.59 Å². The number of aryl methyl sites for hydroxylation is 1. The predicted octanol–water partition coefficient (Wildman–Crippen LogP) is 2.89. The van der Waals surface area contributed by atoms with Crippen LogP contribution in [0.4, 0.5) is 5.69 Å². The van der Waals surface area contributed by atoms with E-state index in [4.69, 9.17) is 22.1 Å². The summed E-state index contributed by atoms with van der Waals surface area (Å²) in [5.41, 5.74) is 2.25. The molecule has 0 heterocycles. The highest BCUT2D eigenvalue weighted by molar-refractivity contribution is 7.80. The summed E-state index contributed by atoms with van der Waals surface area (Å²) in [6, 6.07) is 12.1. The van der Waals surface area contributed by atoms with Gasteiger partial charge in [-0.2, -0.15) is 0 Å². The van der Waals surface area contributed by atoms with Crippen LogP contribution in [0.5, 0.6) is 5.75 Å². The number of rotatable bonds is 5. The first-order valence-electron chi connectivity index (χ1n) is 7.50. The molecule has 0 fully saturated rings. The van der Waals surface area contributed by atoms with Crippen molar-refractivity contribution in [3.63, 3.8) is 0 Å². The second-order valence-corrected chi connectivity index (χ2v) is 5.80. The number of ether oxygens (including phenoxy) is 1. The molecule has 130 valence electrons. The molecule has 0 saturated heterocycles. The highest BCUT2D eigenvalue weighted by Crippen LogP contribution is 2.18. The Morgan fingerprint density at radius 1 is 1.16 bits per heavy atom. The van der Waals surface area contributed by atoms with E-state index in [2.05, 4.69) is 10.6 Å². The van der Waals surface area contributed by atoms with Gasteiger partial charge in [0.1, 0.15) is 5.75 Å². The maximum absolute atomic E-state index is 11.9. The summed E-state index contributed by atoms with van der Waals surface area (Å²) in [4.78, 5) is 23.0. The number of thiocarbonyl (C=S) groups is 1. The molecule has 0 bridgehead atoms. The van der Waals surface area contributed by atoms with E-state index >= 15 is 0 Å². The van der Waals surface area contributed by atoms with Crippen LogP contribution in [0.25, 0.3) is 0 Å². The number of amides is 1. The summed E-state index contributed by atoms with van der Waals surface area (Å²) in [6.07, 6.45) is 0. The molecule has 0 atom stereocenters. The Hall–Kier alpha value is -2.93. The van der Waals surface area contributed by atoms with Crippen molar-refractivity contribution in [1.29, 1.82) is 0 Å². The van der Waals surface area contributed by atoms with Gasteiger partial charge in [-0.3, -0.25) is 10.1 Å². The second kappa shape index (κ2) is 8.25. The average Bonchev–Trinajstić information content (AvgIpc) is 2.54. The zero-order chi connectivity index (χ0) is 18.4. The molecule has 2 aromatic rings. The number of aromatic carboxylic acids is 1. The standard InChI is InChI=1S/C18H18N2O4S/c1-11-5-3-6-13(9-11)24-10-16(21)20-18(25)19-15-8-4-7-14(12(15)2)17(22)23/h3-9H,10H2,1-2H3,(H,22,23)(H2,19,20,21,25). The van der Waals surface area contributed by atoms with Gasteiger partial charge in [0, 0.05) is 5.69 Å². The van der Waals surface area contributed by atoms with E-state index in [1.807, 2.05) is 25.1 Å². The number of carbonyl (C=O) groups is 2. The Morgan fingerprint density at radius 3 is 2.56 bits per heavy atom. The number of carboxylic acid groups (broad SMARTS) is 1. The largest absolute Gasteiger partial charge is 0.484 e. The highest BCUT2D eigenvalue weighted by atomic mass is 32.1. The smallest absolute Gasteiger partial charge is 0.336 e. The van der Waals surface area contributed by atoms with Crippen LogP contribution in [0.15, 0.2) is 42.5 Å². The number of anilines is 1.